The number of hydrogen-bond donors (Lipinski definition) is 1. The van der Waals surface area contributed by atoms with Crippen LogP contribution >= 0.6 is 0 Å². The Morgan fingerprint density at radius 1 is 0.775 bits per heavy atom. The number of nitrogen functional groups attached to an aromatic ring is 1. The maximum absolute atomic E-state index is 13.7. The Morgan fingerprint density at radius 2 is 1.30 bits per heavy atom. The SMILES string of the molecule is COc1ccc(-c2cc(N3CCN(C(c4ccc(F)cc4)c4ccc(F)cc4)CC3)c(C#N)c(N)c2C#N)cc1. The highest BCUT2D eigenvalue weighted by molar-refractivity contribution is 5.87. The molecule has 0 saturated carbocycles. The third kappa shape index (κ3) is 5.18. The van der Waals surface area contributed by atoms with Gasteiger partial charge >= 0.3 is 0 Å². The molecule has 5 rings (SSSR count). The van der Waals surface area contributed by atoms with E-state index < -0.39 is 0 Å². The standard InChI is InChI=1S/C32H27F2N5O/c1-40-26-12-6-21(7-13-26)27-18-30(29(20-36)31(37)28(27)19-35)38-14-16-39(17-15-38)32(22-2-8-24(33)9-3-22)23-4-10-25(34)11-5-23/h2-13,18,32H,14-17,37H2,1H3. The van der Waals surface area contributed by atoms with Gasteiger partial charge < -0.3 is 15.4 Å². The zero-order valence-electron chi connectivity index (χ0n) is 21.9. The molecule has 4 aromatic carbocycles. The van der Waals surface area contributed by atoms with Crippen molar-refractivity contribution in [3.63, 3.8) is 0 Å². The van der Waals surface area contributed by atoms with E-state index >= 15 is 0 Å². The first-order valence-electron chi connectivity index (χ1n) is 12.8. The molecular weight excluding hydrogens is 508 g/mol. The van der Waals surface area contributed by atoms with Gasteiger partial charge in [0.25, 0.3) is 0 Å². The molecule has 0 amide bonds. The second kappa shape index (κ2) is 11.4. The zero-order valence-corrected chi connectivity index (χ0v) is 21.9. The number of rotatable bonds is 6. The van der Waals surface area contributed by atoms with Gasteiger partial charge in [-0.2, -0.15) is 10.5 Å². The first kappa shape index (κ1) is 26.7. The predicted molar refractivity (Wildman–Crippen MR) is 151 cm³/mol. The van der Waals surface area contributed by atoms with Crippen molar-refractivity contribution in [3.05, 3.63) is 113 Å². The summed E-state index contributed by atoms with van der Waals surface area (Å²) in [4.78, 5) is 4.37. The first-order valence-corrected chi connectivity index (χ1v) is 12.8. The number of nitrogens with zero attached hydrogens (tertiary/aromatic N) is 4. The van der Waals surface area contributed by atoms with Gasteiger partial charge in [-0.25, -0.2) is 8.78 Å². The lowest BCUT2D eigenvalue weighted by molar-refractivity contribution is 0.212. The van der Waals surface area contributed by atoms with Crippen molar-refractivity contribution >= 4 is 11.4 Å². The minimum absolute atomic E-state index is 0.159. The molecule has 0 spiro atoms. The van der Waals surface area contributed by atoms with Gasteiger partial charge in [0.1, 0.15) is 29.5 Å². The molecule has 200 valence electrons. The molecule has 4 aromatic rings. The van der Waals surface area contributed by atoms with Crippen LogP contribution < -0.4 is 15.4 Å². The maximum Gasteiger partial charge on any atom is 0.123 e. The van der Waals surface area contributed by atoms with Crippen LogP contribution in [0.25, 0.3) is 11.1 Å². The number of nitrogens with two attached hydrogens (primary N) is 1. The quantitative estimate of drug-likeness (QED) is 0.310. The van der Waals surface area contributed by atoms with Crippen molar-refractivity contribution in [1.82, 2.24) is 4.90 Å². The summed E-state index contributed by atoms with van der Waals surface area (Å²) >= 11 is 0. The molecule has 0 bridgehead atoms. The van der Waals surface area contributed by atoms with E-state index in [0.29, 0.717) is 43.2 Å². The molecule has 0 aliphatic carbocycles. The zero-order chi connectivity index (χ0) is 28.2. The fourth-order valence-corrected chi connectivity index (χ4v) is 5.30. The summed E-state index contributed by atoms with van der Waals surface area (Å²) in [6.45, 7) is 2.42. The van der Waals surface area contributed by atoms with Crippen LogP contribution in [-0.4, -0.2) is 38.2 Å². The third-order valence-corrected chi connectivity index (χ3v) is 7.36. The third-order valence-electron chi connectivity index (χ3n) is 7.36. The lowest BCUT2D eigenvalue weighted by Gasteiger charge is -2.41. The summed E-state index contributed by atoms with van der Waals surface area (Å²) in [6, 6.07) is 26.1. The van der Waals surface area contributed by atoms with Crippen LogP contribution in [0.3, 0.4) is 0 Å². The summed E-state index contributed by atoms with van der Waals surface area (Å²) < 4.78 is 32.7. The van der Waals surface area contributed by atoms with E-state index in [1.165, 1.54) is 24.3 Å². The van der Waals surface area contributed by atoms with Gasteiger partial charge in [-0.3, -0.25) is 4.90 Å². The first-order chi connectivity index (χ1) is 19.4. The number of methoxy groups -OCH3 is 1. The molecule has 1 heterocycles. The Morgan fingerprint density at radius 3 is 1.77 bits per heavy atom. The van der Waals surface area contributed by atoms with Crippen LogP contribution in [0.2, 0.25) is 0 Å². The van der Waals surface area contributed by atoms with Gasteiger partial charge in [0.15, 0.2) is 0 Å². The molecule has 1 fully saturated rings. The highest BCUT2D eigenvalue weighted by Crippen LogP contribution is 2.38. The lowest BCUT2D eigenvalue weighted by Crippen LogP contribution is -2.48. The monoisotopic (exact) mass is 535 g/mol. The van der Waals surface area contributed by atoms with Gasteiger partial charge in [-0.15, -0.1) is 0 Å². The molecule has 0 aromatic heterocycles. The van der Waals surface area contributed by atoms with E-state index in [4.69, 9.17) is 10.5 Å². The number of anilines is 2. The molecule has 0 unspecified atom stereocenters. The summed E-state index contributed by atoms with van der Waals surface area (Å²) in [5.41, 5.74) is 11.0. The molecule has 6 nitrogen and oxygen atoms in total. The molecule has 2 N–H and O–H groups in total. The minimum Gasteiger partial charge on any atom is -0.497 e. The van der Waals surface area contributed by atoms with Crippen LogP contribution in [0, 0.1) is 34.3 Å². The number of benzene rings is 4. The van der Waals surface area contributed by atoms with E-state index in [9.17, 15) is 19.3 Å². The topological polar surface area (TPSA) is 89.3 Å². The summed E-state index contributed by atoms with van der Waals surface area (Å²) in [5.74, 6) is 0.0557. The van der Waals surface area contributed by atoms with Gasteiger partial charge in [0.05, 0.1) is 35.7 Å². The van der Waals surface area contributed by atoms with E-state index in [2.05, 4.69) is 21.9 Å². The maximum atomic E-state index is 13.7. The van der Waals surface area contributed by atoms with Crippen molar-refractivity contribution in [1.29, 1.82) is 10.5 Å². The number of halogens is 2. The van der Waals surface area contributed by atoms with Gasteiger partial charge in [0.2, 0.25) is 0 Å². The number of piperazine rings is 1. The summed E-state index contributed by atoms with van der Waals surface area (Å²) in [6.07, 6.45) is 0. The molecule has 0 atom stereocenters. The second-order valence-corrected chi connectivity index (χ2v) is 9.59. The molecular formula is C32H27F2N5O. The highest BCUT2D eigenvalue weighted by atomic mass is 19.1. The van der Waals surface area contributed by atoms with Gasteiger partial charge in [-0.05, 0) is 59.2 Å². The largest absolute Gasteiger partial charge is 0.497 e. The van der Waals surface area contributed by atoms with E-state index in [-0.39, 0.29) is 34.5 Å². The van der Waals surface area contributed by atoms with E-state index in [1.807, 2.05) is 30.3 Å². The predicted octanol–water partition coefficient (Wildman–Crippen LogP) is 5.88. The summed E-state index contributed by atoms with van der Waals surface area (Å²) in [7, 11) is 1.59. The normalized spacial score (nSPS) is 13.6. The Labute approximate surface area is 232 Å². The number of hydrogen-bond acceptors (Lipinski definition) is 6. The molecule has 8 heteroatoms. The summed E-state index contributed by atoms with van der Waals surface area (Å²) in [5, 5.41) is 19.9. The van der Waals surface area contributed by atoms with Crippen LogP contribution in [-0.2, 0) is 0 Å². The Balaban J connectivity index is 1.47. The van der Waals surface area contributed by atoms with Gasteiger partial charge in [-0.1, -0.05) is 36.4 Å². The van der Waals surface area contributed by atoms with E-state index in [1.54, 1.807) is 31.4 Å². The van der Waals surface area contributed by atoms with Crippen molar-refractivity contribution in [2.75, 3.05) is 43.9 Å². The van der Waals surface area contributed by atoms with Crippen LogP contribution in [0.1, 0.15) is 28.3 Å². The van der Waals surface area contributed by atoms with Crippen molar-refractivity contribution in [2.24, 2.45) is 0 Å². The fraction of sp³-hybridized carbons (Fsp3) is 0.188. The highest BCUT2D eigenvalue weighted by Gasteiger charge is 2.29. The Hall–Kier alpha value is -4.92. The minimum atomic E-state index is -0.318. The average Bonchev–Trinajstić information content (AvgIpc) is 2.99. The second-order valence-electron chi connectivity index (χ2n) is 9.59. The van der Waals surface area contributed by atoms with Crippen molar-refractivity contribution in [2.45, 2.75) is 6.04 Å². The molecule has 0 radical (unpaired) electrons. The van der Waals surface area contributed by atoms with Crippen molar-refractivity contribution < 1.29 is 13.5 Å². The average molecular weight is 536 g/mol. The van der Waals surface area contributed by atoms with E-state index in [0.717, 1.165) is 16.7 Å². The lowest BCUT2D eigenvalue weighted by atomic mass is 9.93. The smallest absolute Gasteiger partial charge is 0.123 e. The molecule has 1 aliphatic rings. The molecule has 1 aliphatic heterocycles. The Bertz CT molecular complexity index is 1540. The van der Waals surface area contributed by atoms with Crippen LogP contribution in [0.15, 0.2) is 78.9 Å². The van der Waals surface area contributed by atoms with Crippen molar-refractivity contribution in [3.8, 4) is 29.0 Å². The fourth-order valence-electron chi connectivity index (χ4n) is 5.30. The van der Waals surface area contributed by atoms with Crippen LogP contribution in [0.4, 0.5) is 20.2 Å². The Kier molecular flexibility index (Phi) is 7.63. The number of ether oxygens (including phenoxy) is 1. The molecule has 40 heavy (non-hydrogen) atoms. The van der Waals surface area contributed by atoms with Gasteiger partial charge in [0, 0.05) is 31.7 Å². The van der Waals surface area contributed by atoms with Crippen LogP contribution in [0.5, 0.6) is 5.75 Å². The molecule has 1 saturated heterocycles. The number of nitriles is 2.